The molecule has 1 aromatic rings. The number of hydrogen-bond donors (Lipinski definition) is 1. The first-order chi connectivity index (χ1) is 13.3. The summed E-state index contributed by atoms with van der Waals surface area (Å²) in [6.07, 6.45) is 8.73. The molecule has 2 fully saturated rings. The van der Waals surface area contributed by atoms with E-state index in [-0.39, 0.29) is 74.7 Å². The van der Waals surface area contributed by atoms with Crippen LogP contribution in [-0.2, 0) is 19.6 Å². The summed E-state index contributed by atoms with van der Waals surface area (Å²) < 4.78 is 43.6. The Bertz CT molecular complexity index is 775. The van der Waals surface area contributed by atoms with Crippen LogP contribution in [0.4, 0.5) is 0 Å². The van der Waals surface area contributed by atoms with Crippen LogP contribution in [0.3, 0.4) is 0 Å². The Balaban J connectivity index is 0.00000300. The second-order valence-corrected chi connectivity index (χ2v) is 8.97. The van der Waals surface area contributed by atoms with Gasteiger partial charge in [0.05, 0.1) is 16.0 Å². The Morgan fingerprint density at radius 1 is 0.759 bits per heavy atom. The molecule has 0 saturated heterocycles. The number of ether oxygens (including phenoxy) is 2. The first-order valence-electron chi connectivity index (χ1n) is 9.87. The number of carbonyl (C=O) groups is 2. The summed E-state index contributed by atoms with van der Waals surface area (Å²) in [5, 5.41) is 0. The number of hydrogen-bond acceptors (Lipinski definition) is 6. The van der Waals surface area contributed by atoms with E-state index in [2.05, 4.69) is 0 Å². The molecule has 0 spiro atoms. The van der Waals surface area contributed by atoms with E-state index in [0.717, 1.165) is 76.3 Å². The molecule has 0 amide bonds. The van der Waals surface area contributed by atoms with Gasteiger partial charge < -0.3 is 9.47 Å². The van der Waals surface area contributed by atoms with Gasteiger partial charge in [0.2, 0.25) is 0 Å². The maximum absolute atomic E-state index is 12.5. The van der Waals surface area contributed by atoms with Gasteiger partial charge in [-0.2, -0.15) is 8.42 Å². The van der Waals surface area contributed by atoms with Crippen LogP contribution in [0, 0.1) is 0 Å². The summed E-state index contributed by atoms with van der Waals surface area (Å²) in [7, 11) is -4.60. The second-order valence-electron chi connectivity index (χ2n) is 7.55. The fourth-order valence-corrected chi connectivity index (χ4v) is 4.34. The number of rotatable bonds is 5. The Hall–Kier alpha value is -0.294. The molecule has 0 unspecified atom stereocenters. The van der Waals surface area contributed by atoms with Gasteiger partial charge in [-0.15, -0.1) is 0 Å². The van der Waals surface area contributed by atoms with Gasteiger partial charge in [-0.05, 0) is 69.6 Å². The molecule has 0 atom stereocenters. The molecule has 2 aliphatic rings. The first-order valence-corrected chi connectivity index (χ1v) is 11.3. The predicted octanol–water partition coefficient (Wildman–Crippen LogP) is 3.26. The van der Waals surface area contributed by atoms with Gasteiger partial charge >= 0.3 is 63.3 Å². The van der Waals surface area contributed by atoms with Crippen molar-refractivity contribution >= 4 is 73.4 Å². The minimum atomic E-state index is -4.60. The van der Waals surface area contributed by atoms with Crippen LogP contribution in [0.5, 0.6) is 0 Å². The molecular formula is C20H27KO7S. The average molecular weight is 451 g/mol. The van der Waals surface area contributed by atoms with E-state index in [0.29, 0.717) is 0 Å². The van der Waals surface area contributed by atoms with Crippen LogP contribution in [0.25, 0.3) is 0 Å². The zero-order valence-corrected chi connectivity index (χ0v) is 16.6. The maximum atomic E-state index is 12.5. The van der Waals surface area contributed by atoms with Crippen LogP contribution in [0.1, 0.15) is 84.9 Å². The topological polar surface area (TPSA) is 107 Å². The molecule has 2 aliphatic carbocycles. The summed E-state index contributed by atoms with van der Waals surface area (Å²) in [5.41, 5.74) is -0.174. The molecule has 9 heteroatoms. The SMILES string of the molecule is O=C(OC1CCCCC1)c1cc(C(=O)OC2CCCCC2)cc(S(=O)(=O)O)c1.[KH]. The molecule has 0 aliphatic heterocycles. The monoisotopic (exact) mass is 450 g/mol. The third kappa shape index (κ3) is 7.41. The zero-order chi connectivity index (χ0) is 20.1. The van der Waals surface area contributed by atoms with Crippen molar-refractivity contribution in [1.82, 2.24) is 0 Å². The summed E-state index contributed by atoms with van der Waals surface area (Å²) in [4.78, 5) is 24.5. The van der Waals surface area contributed by atoms with Crippen molar-refractivity contribution in [2.24, 2.45) is 0 Å². The molecule has 1 aromatic carbocycles. The molecule has 2 saturated carbocycles. The van der Waals surface area contributed by atoms with E-state index in [1.165, 1.54) is 6.07 Å². The van der Waals surface area contributed by atoms with Crippen LogP contribution < -0.4 is 0 Å². The van der Waals surface area contributed by atoms with Crippen molar-refractivity contribution in [2.45, 2.75) is 81.3 Å². The van der Waals surface area contributed by atoms with E-state index in [4.69, 9.17) is 9.47 Å². The quantitative estimate of drug-likeness (QED) is 0.417. The fourth-order valence-electron chi connectivity index (χ4n) is 3.79. The van der Waals surface area contributed by atoms with Crippen LogP contribution in [0.2, 0.25) is 0 Å². The van der Waals surface area contributed by atoms with Crippen LogP contribution >= 0.6 is 0 Å². The Labute approximate surface area is 214 Å². The van der Waals surface area contributed by atoms with Gasteiger partial charge in [0.1, 0.15) is 12.2 Å². The number of carbonyl (C=O) groups excluding carboxylic acids is 2. The van der Waals surface area contributed by atoms with Gasteiger partial charge in [0.25, 0.3) is 10.1 Å². The summed E-state index contributed by atoms with van der Waals surface area (Å²) in [6.45, 7) is 0. The molecule has 0 radical (unpaired) electrons. The Morgan fingerprint density at radius 3 is 1.48 bits per heavy atom. The van der Waals surface area contributed by atoms with Crippen LogP contribution in [0.15, 0.2) is 23.1 Å². The van der Waals surface area contributed by atoms with Crippen molar-refractivity contribution in [3.8, 4) is 0 Å². The van der Waals surface area contributed by atoms with E-state index in [1.807, 2.05) is 0 Å². The van der Waals surface area contributed by atoms with Gasteiger partial charge in [0, 0.05) is 0 Å². The molecule has 0 aromatic heterocycles. The van der Waals surface area contributed by atoms with Gasteiger partial charge in [-0.1, -0.05) is 12.8 Å². The summed E-state index contributed by atoms with van der Waals surface area (Å²) in [5.74, 6) is -1.41. The summed E-state index contributed by atoms with van der Waals surface area (Å²) >= 11 is 0. The fraction of sp³-hybridized carbons (Fsp3) is 0.600. The second kappa shape index (κ2) is 11.4. The average Bonchev–Trinajstić information content (AvgIpc) is 2.68. The summed E-state index contributed by atoms with van der Waals surface area (Å²) in [6, 6.07) is 3.32. The number of benzene rings is 1. The minimum absolute atomic E-state index is 0. The van der Waals surface area contributed by atoms with Crippen molar-refractivity contribution < 1.29 is 32.0 Å². The van der Waals surface area contributed by atoms with Gasteiger partial charge in [-0.25, -0.2) is 9.59 Å². The normalized spacial score (nSPS) is 18.5. The third-order valence-corrected chi connectivity index (χ3v) is 6.16. The molecule has 7 nitrogen and oxygen atoms in total. The predicted molar refractivity (Wildman–Crippen MR) is 108 cm³/mol. The first kappa shape index (κ1) is 25.0. The Morgan fingerprint density at radius 2 is 1.14 bits per heavy atom. The van der Waals surface area contributed by atoms with Gasteiger partial charge in [0.15, 0.2) is 0 Å². The molecular weight excluding hydrogens is 423 g/mol. The van der Waals surface area contributed by atoms with Crippen molar-refractivity contribution in [2.75, 3.05) is 0 Å². The molecule has 1 N–H and O–H groups in total. The van der Waals surface area contributed by atoms with E-state index >= 15 is 0 Å². The standard InChI is InChI=1S/C20H26O7S.K.H/c21-19(26-16-7-3-1-4-8-16)14-11-15(13-18(12-14)28(23,24)25)20(22)27-17-9-5-2-6-10-17;;/h11-13,16-17H,1-10H2,(H,23,24,25);;. The van der Waals surface area contributed by atoms with E-state index in [1.54, 1.807) is 0 Å². The van der Waals surface area contributed by atoms with E-state index in [9.17, 15) is 22.6 Å². The molecule has 3 rings (SSSR count). The zero-order valence-electron chi connectivity index (χ0n) is 15.8. The third-order valence-electron chi connectivity index (χ3n) is 5.33. The molecule has 29 heavy (non-hydrogen) atoms. The van der Waals surface area contributed by atoms with Crippen molar-refractivity contribution in [3.05, 3.63) is 29.3 Å². The molecule has 156 valence electrons. The van der Waals surface area contributed by atoms with E-state index < -0.39 is 27.0 Å². The Kier molecular flexibility index (Phi) is 9.78. The van der Waals surface area contributed by atoms with Crippen molar-refractivity contribution in [1.29, 1.82) is 0 Å². The molecule has 0 bridgehead atoms. The van der Waals surface area contributed by atoms with Crippen molar-refractivity contribution in [3.63, 3.8) is 0 Å². The van der Waals surface area contributed by atoms with Gasteiger partial charge in [-0.3, -0.25) is 4.55 Å². The van der Waals surface area contributed by atoms with Crippen LogP contribution in [-0.4, -0.2) is 88.5 Å². The number of esters is 2. The molecule has 0 heterocycles.